The van der Waals surface area contributed by atoms with Crippen LogP contribution in [-0.4, -0.2) is 51.7 Å². The summed E-state index contributed by atoms with van der Waals surface area (Å²) in [5.74, 6) is -3.30. The minimum absolute atomic E-state index is 0. The lowest BCUT2D eigenvalue weighted by atomic mass is 10.00. The number of aryl methyl sites for hydroxylation is 1. The molecule has 0 aliphatic rings. The number of esters is 1. The maximum atomic E-state index is 13.1. The van der Waals surface area contributed by atoms with E-state index in [2.05, 4.69) is 5.32 Å². The third-order valence-corrected chi connectivity index (χ3v) is 6.24. The molecule has 2 aromatic rings. The van der Waals surface area contributed by atoms with E-state index < -0.39 is 53.4 Å². The van der Waals surface area contributed by atoms with Crippen LogP contribution in [0.5, 0.6) is 0 Å². The quantitative estimate of drug-likeness (QED) is 0.198. The molecule has 13 heteroatoms. The number of nitrogens with one attached hydrogen (secondary N) is 1. The Balaban J connectivity index is 0.00000968. The third-order valence-electron chi connectivity index (χ3n) is 6.24. The van der Waals surface area contributed by atoms with Crippen molar-refractivity contribution in [3.63, 3.8) is 0 Å². The fraction of sp³-hybridized carbons (Fsp3) is 0.419. The van der Waals surface area contributed by atoms with Gasteiger partial charge in [-0.15, -0.1) is 0 Å². The van der Waals surface area contributed by atoms with Crippen LogP contribution >= 0.6 is 0 Å². The van der Waals surface area contributed by atoms with E-state index in [1.165, 1.54) is 42.6 Å². The molecule has 240 valence electrons. The molecule has 0 aliphatic carbocycles. The fourth-order valence-corrected chi connectivity index (χ4v) is 4.00. The topological polar surface area (TPSA) is 149 Å². The molecule has 0 fully saturated rings. The number of aliphatic carboxylic acids is 1. The Morgan fingerprint density at radius 3 is 2.34 bits per heavy atom. The number of amides is 1. The number of benzene rings is 1. The number of carboxylic acids is 1. The zero-order chi connectivity index (χ0) is 32.0. The number of aromatic nitrogens is 1. The van der Waals surface area contributed by atoms with Crippen molar-refractivity contribution in [3.8, 4) is 0 Å². The highest BCUT2D eigenvalue weighted by molar-refractivity contribution is 5.91. The molecule has 0 unspecified atom stereocenters. The number of hydrogen-bond donors (Lipinski definition) is 2. The summed E-state index contributed by atoms with van der Waals surface area (Å²) in [6.45, 7) is 1.52. The van der Waals surface area contributed by atoms with E-state index in [1.54, 1.807) is 6.92 Å². The average molecular weight is 623 g/mol. The summed E-state index contributed by atoms with van der Waals surface area (Å²) in [6.07, 6.45) is -1.20. The van der Waals surface area contributed by atoms with Gasteiger partial charge in [0.15, 0.2) is 11.6 Å². The lowest BCUT2D eigenvalue weighted by Crippen LogP contribution is -2.42. The Kier molecular flexibility index (Phi) is 15.5. The van der Waals surface area contributed by atoms with E-state index >= 15 is 0 Å². The van der Waals surface area contributed by atoms with Crippen molar-refractivity contribution in [2.24, 2.45) is 0 Å². The molecule has 0 saturated heterocycles. The number of halogens is 3. The van der Waals surface area contributed by atoms with Crippen LogP contribution in [0.25, 0.3) is 0 Å². The second-order valence-electron chi connectivity index (χ2n) is 9.59. The lowest BCUT2D eigenvalue weighted by Gasteiger charge is -2.17. The van der Waals surface area contributed by atoms with Crippen molar-refractivity contribution < 1.29 is 47.0 Å². The molecule has 1 atom stereocenters. The summed E-state index contributed by atoms with van der Waals surface area (Å²) in [5, 5.41) is 11.3. The molecular weight excluding hydrogens is 585 g/mol. The van der Waals surface area contributed by atoms with E-state index in [4.69, 9.17) is 9.84 Å². The molecule has 0 bridgehead atoms. The highest BCUT2D eigenvalue weighted by Crippen LogP contribution is 2.29. The van der Waals surface area contributed by atoms with Crippen LogP contribution < -0.4 is 10.9 Å². The van der Waals surface area contributed by atoms with Gasteiger partial charge in [0.2, 0.25) is 5.91 Å². The zero-order valence-electron chi connectivity index (χ0n) is 23.5. The number of nitrogens with zero attached hydrogens (tertiary/aromatic N) is 1. The number of ether oxygens (including phenoxy) is 1. The normalized spacial score (nSPS) is 11.8. The van der Waals surface area contributed by atoms with Crippen molar-refractivity contribution in [2.75, 3.05) is 6.61 Å². The highest BCUT2D eigenvalue weighted by atomic mass is 19.4. The second-order valence-corrected chi connectivity index (χ2v) is 9.59. The Morgan fingerprint density at radius 1 is 1.05 bits per heavy atom. The van der Waals surface area contributed by atoms with Crippen molar-refractivity contribution in [1.29, 1.82) is 0 Å². The summed E-state index contributed by atoms with van der Waals surface area (Å²) >= 11 is 0. The molecule has 0 aliphatic heterocycles. The molecule has 1 heterocycles. The van der Waals surface area contributed by atoms with Gasteiger partial charge < -0.3 is 19.7 Å². The molecule has 10 nitrogen and oxygen atoms in total. The van der Waals surface area contributed by atoms with E-state index in [0.29, 0.717) is 5.56 Å². The van der Waals surface area contributed by atoms with Gasteiger partial charge in [-0.3, -0.25) is 24.0 Å². The van der Waals surface area contributed by atoms with E-state index in [1.807, 2.05) is 0 Å². The Morgan fingerprint density at radius 2 is 1.73 bits per heavy atom. The van der Waals surface area contributed by atoms with Gasteiger partial charge in [-0.05, 0) is 49.9 Å². The van der Waals surface area contributed by atoms with Crippen LogP contribution in [0.15, 0.2) is 59.5 Å². The minimum atomic E-state index is -4.46. The van der Waals surface area contributed by atoms with Crippen molar-refractivity contribution in [2.45, 2.75) is 78.1 Å². The van der Waals surface area contributed by atoms with Gasteiger partial charge in [-0.1, -0.05) is 31.7 Å². The first kappa shape index (κ1) is 37.5. The number of carbonyl (C=O) groups excluding carboxylic acids is 4. The molecule has 2 N–H and O–H groups in total. The standard InChI is InChI=1S/C30H33F3N2O8.CH4/c1-2-43-28(41)8-4-3-7-24(34-26(38)15-16-27(39)40)25(37)18-21-6-5-17-35(29(21)42)19-23(36)14-11-20-9-12-22(13-10-20)30(31,32)33;/h4-6,8-10,12-13,17,24H,2-3,7,11,14-16,18-19H2,1H3,(H,34,38)(H,39,40);1H4/b8-4+;/t24-;/m0./s1. The van der Waals surface area contributed by atoms with Crippen LogP contribution in [0.2, 0.25) is 0 Å². The summed E-state index contributed by atoms with van der Waals surface area (Å²) in [6, 6.07) is 6.26. The maximum Gasteiger partial charge on any atom is 0.416 e. The molecule has 0 spiro atoms. The number of ketones is 2. The predicted octanol–water partition coefficient (Wildman–Crippen LogP) is 4.07. The van der Waals surface area contributed by atoms with Gasteiger partial charge in [0, 0.05) is 37.1 Å². The first-order valence-corrected chi connectivity index (χ1v) is 13.5. The third kappa shape index (κ3) is 13.2. The molecular formula is C31H37F3N2O8. The van der Waals surface area contributed by atoms with Crippen molar-refractivity contribution in [3.05, 3.63) is 81.8 Å². The number of hydrogen-bond acceptors (Lipinski definition) is 7. The zero-order valence-corrected chi connectivity index (χ0v) is 23.5. The number of rotatable bonds is 17. The summed E-state index contributed by atoms with van der Waals surface area (Å²) in [7, 11) is 0. The summed E-state index contributed by atoms with van der Waals surface area (Å²) < 4.78 is 44.1. The maximum absolute atomic E-state index is 13.1. The smallest absolute Gasteiger partial charge is 0.416 e. The first-order chi connectivity index (χ1) is 20.3. The molecule has 0 radical (unpaired) electrons. The number of Topliss-reactive ketones (excluding diaryl/α,β-unsaturated/α-hetero) is 2. The van der Waals surface area contributed by atoms with Crippen LogP contribution in [-0.2, 0) is 54.3 Å². The predicted molar refractivity (Wildman–Crippen MR) is 155 cm³/mol. The van der Waals surface area contributed by atoms with Crippen LogP contribution in [0, 0.1) is 0 Å². The monoisotopic (exact) mass is 622 g/mol. The average Bonchev–Trinajstić information content (AvgIpc) is 2.94. The number of alkyl halides is 3. The number of carbonyl (C=O) groups is 5. The molecule has 0 saturated carbocycles. The number of carboxylic acid groups (broad SMARTS) is 1. The van der Waals surface area contributed by atoms with Gasteiger partial charge in [-0.2, -0.15) is 13.2 Å². The SMILES string of the molecule is C.CCOC(=O)/C=C/CC[C@H](NC(=O)CCC(=O)O)C(=O)Cc1cccn(CC(=O)CCc2ccc(C(F)(F)F)cc2)c1=O. The van der Waals surface area contributed by atoms with Gasteiger partial charge >= 0.3 is 18.1 Å². The molecule has 44 heavy (non-hydrogen) atoms. The van der Waals surface area contributed by atoms with E-state index in [0.717, 1.165) is 16.7 Å². The molecule has 1 aromatic carbocycles. The first-order valence-electron chi connectivity index (χ1n) is 13.5. The van der Waals surface area contributed by atoms with E-state index in [9.17, 15) is 41.9 Å². The van der Waals surface area contributed by atoms with Crippen LogP contribution in [0.3, 0.4) is 0 Å². The van der Waals surface area contributed by atoms with Gasteiger partial charge in [0.1, 0.15) is 0 Å². The fourth-order valence-electron chi connectivity index (χ4n) is 4.00. The number of allylic oxidation sites excluding steroid dienone is 1. The van der Waals surface area contributed by atoms with Crippen LogP contribution in [0.1, 0.15) is 63.1 Å². The molecule has 2 rings (SSSR count). The van der Waals surface area contributed by atoms with E-state index in [-0.39, 0.29) is 70.4 Å². The Labute approximate surface area is 252 Å². The highest BCUT2D eigenvalue weighted by Gasteiger charge is 2.30. The lowest BCUT2D eigenvalue weighted by molar-refractivity contribution is -0.139. The van der Waals surface area contributed by atoms with Crippen molar-refractivity contribution in [1.82, 2.24) is 9.88 Å². The number of pyridine rings is 1. The molecule has 1 aromatic heterocycles. The van der Waals surface area contributed by atoms with Gasteiger partial charge in [-0.25, -0.2) is 4.79 Å². The second kappa shape index (κ2) is 18.2. The van der Waals surface area contributed by atoms with Crippen LogP contribution in [0.4, 0.5) is 13.2 Å². The Bertz CT molecular complexity index is 1380. The largest absolute Gasteiger partial charge is 0.481 e. The van der Waals surface area contributed by atoms with Gasteiger partial charge in [0.05, 0.1) is 31.2 Å². The minimum Gasteiger partial charge on any atom is -0.481 e. The summed E-state index contributed by atoms with van der Waals surface area (Å²) in [5.41, 5.74) is -0.802. The Hall–Kier alpha value is -4.55. The van der Waals surface area contributed by atoms with Crippen molar-refractivity contribution >= 4 is 29.4 Å². The summed E-state index contributed by atoms with van der Waals surface area (Å²) in [4.78, 5) is 73.2. The molecule has 1 amide bonds. The van der Waals surface area contributed by atoms with Gasteiger partial charge in [0.25, 0.3) is 5.56 Å².